The zero-order valence-corrected chi connectivity index (χ0v) is 9.42. The Labute approximate surface area is 99.2 Å². The summed E-state index contributed by atoms with van der Waals surface area (Å²) in [5.41, 5.74) is 0.170. The van der Waals surface area contributed by atoms with Gasteiger partial charge in [-0.25, -0.2) is 0 Å². The molecule has 0 radical (unpaired) electrons. The minimum absolute atomic E-state index is 0.104. The van der Waals surface area contributed by atoms with Gasteiger partial charge in [0.15, 0.2) is 0 Å². The van der Waals surface area contributed by atoms with Gasteiger partial charge in [0.2, 0.25) is 0 Å². The van der Waals surface area contributed by atoms with Crippen molar-refractivity contribution in [2.45, 2.75) is 6.92 Å². The third-order valence-corrected chi connectivity index (χ3v) is 2.26. The number of carbonyl (C=O) groups is 1. The molecule has 0 spiro atoms. The number of benzene rings is 1. The minimum Gasteiger partial charge on any atom is -0.328 e. The van der Waals surface area contributed by atoms with E-state index >= 15 is 0 Å². The monoisotopic (exact) mass is 232 g/mol. The van der Waals surface area contributed by atoms with E-state index in [2.05, 4.69) is 5.92 Å². The van der Waals surface area contributed by atoms with Crippen LogP contribution in [-0.2, 0) is 0 Å². The van der Waals surface area contributed by atoms with Crippen molar-refractivity contribution in [2.75, 3.05) is 13.1 Å². The van der Waals surface area contributed by atoms with Gasteiger partial charge in [-0.15, -0.1) is 6.42 Å². The van der Waals surface area contributed by atoms with E-state index in [4.69, 9.17) is 6.42 Å². The molecule has 0 fully saturated rings. The van der Waals surface area contributed by atoms with Crippen molar-refractivity contribution in [1.82, 2.24) is 4.90 Å². The molecule has 17 heavy (non-hydrogen) atoms. The number of nitrogens with zero attached hydrogens (tertiary/aromatic N) is 2. The number of terminal acetylenes is 1. The molecule has 5 heteroatoms. The molecule has 88 valence electrons. The Morgan fingerprint density at radius 2 is 2.29 bits per heavy atom. The van der Waals surface area contributed by atoms with Crippen LogP contribution in [0.1, 0.15) is 17.3 Å². The number of non-ortho nitro benzene ring substituents is 1. The highest BCUT2D eigenvalue weighted by Crippen LogP contribution is 2.14. The summed E-state index contributed by atoms with van der Waals surface area (Å²) in [4.78, 5) is 23.4. The van der Waals surface area contributed by atoms with Crippen molar-refractivity contribution in [1.29, 1.82) is 0 Å². The Bertz CT molecular complexity index is 477. The lowest BCUT2D eigenvalue weighted by atomic mass is 10.1. The van der Waals surface area contributed by atoms with Gasteiger partial charge in [0.1, 0.15) is 0 Å². The van der Waals surface area contributed by atoms with Crippen LogP contribution in [0.15, 0.2) is 24.3 Å². The second-order valence-electron chi connectivity index (χ2n) is 3.33. The highest BCUT2D eigenvalue weighted by atomic mass is 16.6. The molecule has 0 unspecified atom stereocenters. The maximum Gasteiger partial charge on any atom is 0.270 e. The quantitative estimate of drug-likeness (QED) is 0.451. The predicted octanol–water partition coefficient (Wildman–Crippen LogP) is 1.69. The molecular formula is C12H12N2O3. The van der Waals surface area contributed by atoms with E-state index in [9.17, 15) is 14.9 Å². The van der Waals surface area contributed by atoms with Crippen LogP contribution in [0.5, 0.6) is 0 Å². The van der Waals surface area contributed by atoms with Crippen molar-refractivity contribution in [3.8, 4) is 12.3 Å². The second kappa shape index (κ2) is 5.66. The molecule has 0 saturated heterocycles. The molecule has 0 aliphatic carbocycles. The summed E-state index contributed by atoms with van der Waals surface area (Å²) in [5, 5.41) is 10.6. The van der Waals surface area contributed by atoms with Gasteiger partial charge >= 0.3 is 0 Å². The molecule has 0 aliphatic rings. The molecule has 0 saturated carbocycles. The van der Waals surface area contributed by atoms with E-state index in [-0.39, 0.29) is 23.7 Å². The number of carbonyl (C=O) groups excluding carboxylic acids is 1. The summed E-state index contributed by atoms with van der Waals surface area (Å²) in [6.45, 7) is 2.45. The lowest BCUT2D eigenvalue weighted by Crippen LogP contribution is -2.31. The number of nitro groups is 1. The topological polar surface area (TPSA) is 63.5 Å². The zero-order valence-electron chi connectivity index (χ0n) is 9.42. The fraction of sp³-hybridized carbons (Fsp3) is 0.250. The predicted molar refractivity (Wildman–Crippen MR) is 63.5 cm³/mol. The maximum atomic E-state index is 11.9. The molecule has 0 heterocycles. The maximum absolute atomic E-state index is 11.9. The van der Waals surface area contributed by atoms with Crippen LogP contribution >= 0.6 is 0 Å². The number of hydrogen-bond acceptors (Lipinski definition) is 3. The van der Waals surface area contributed by atoms with Gasteiger partial charge in [0.25, 0.3) is 11.6 Å². The molecule has 1 amide bonds. The summed E-state index contributed by atoms with van der Waals surface area (Å²) < 4.78 is 0. The molecule has 0 aliphatic heterocycles. The lowest BCUT2D eigenvalue weighted by Gasteiger charge is -2.17. The van der Waals surface area contributed by atoms with Gasteiger partial charge in [-0.3, -0.25) is 14.9 Å². The minimum atomic E-state index is -0.533. The van der Waals surface area contributed by atoms with Crippen LogP contribution in [-0.4, -0.2) is 28.8 Å². The van der Waals surface area contributed by atoms with Crippen molar-refractivity contribution in [2.24, 2.45) is 0 Å². The average molecular weight is 232 g/mol. The first-order chi connectivity index (χ1) is 8.10. The molecule has 0 aromatic heterocycles. The Hall–Kier alpha value is -2.35. The Morgan fingerprint density at radius 3 is 2.82 bits per heavy atom. The Morgan fingerprint density at radius 1 is 1.59 bits per heavy atom. The van der Waals surface area contributed by atoms with Gasteiger partial charge in [-0.1, -0.05) is 12.0 Å². The third-order valence-electron chi connectivity index (χ3n) is 2.26. The molecule has 5 nitrogen and oxygen atoms in total. The largest absolute Gasteiger partial charge is 0.328 e. The van der Waals surface area contributed by atoms with Crippen molar-refractivity contribution >= 4 is 11.6 Å². The van der Waals surface area contributed by atoms with Gasteiger partial charge in [-0.2, -0.15) is 0 Å². The highest BCUT2D eigenvalue weighted by Gasteiger charge is 2.15. The Balaban J connectivity index is 3.00. The van der Waals surface area contributed by atoms with E-state index in [1.807, 2.05) is 0 Å². The molecule has 0 N–H and O–H groups in total. The SMILES string of the molecule is C#CCN(CC)C(=O)c1cccc([N+](=O)[O-])c1. The van der Waals surface area contributed by atoms with Crippen LogP contribution in [0.4, 0.5) is 5.69 Å². The molecule has 0 bridgehead atoms. The van der Waals surface area contributed by atoms with Crippen LogP contribution in [0.25, 0.3) is 0 Å². The van der Waals surface area contributed by atoms with Gasteiger partial charge in [0, 0.05) is 24.2 Å². The van der Waals surface area contributed by atoms with E-state index in [1.165, 1.54) is 29.2 Å². The van der Waals surface area contributed by atoms with E-state index in [0.717, 1.165) is 0 Å². The Kier molecular flexibility index (Phi) is 4.23. The van der Waals surface area contributed by atoms with Gasteiger partial charge in [0.05, 0.1) is 11.5 Å². The van der Waals surface area contributed by atoms with Crippen molar-refractivity contribution < 1.29 is 9.72 Å². The van der Waals surface area contributed by atoms with E-state index in [1.54, 1.807) is 6.92 Å². The number of rotatable bonds is 4. The van der Waals surface area contributed by atoms with Crippen LogP contribution in [0, 0.1) is 22.5 Å². The fourth-order valence-corrected chi connectivity index (χ4v) is 1.37. The lowest BCUT2D eigenvalue weighted by molar-refractivity contribution is -0.384. The van der Waals surface area contributed by atoms with E-state index < -0.39 is 4.92 Å². The summed E-state index contributed by atoms with van der Waals surface area (Å²) in [6, 6.07) is 5.61. The third kappa shape index (κ3) is 3.05. The highest BCUT2D eigenvalue weighted by molar-refractivity contribution is 5.95. The molecule has 1 rings (SSSR count). The number of amides is 1. The summed E-state index contributed by atoms with van der Waals surface area (Å²) in [7, 11) is 0. The first kappa shape index (κ1) is 12.7. The fourth-order valence-electron chi connectivity index (χ4n) is 1.37. The number of nitro benzene ring substituents is 1. The van der Waals surface area contributed by atoms with Crippen LogP contribution in [0.3, 0.4) is 0 Å². The first-order valence-electron chi connectivity index (χ1n) is 5.07. The van der Waals surface area contributed by atoms with Gasteiger partial charge in [-0.05, 0) is 13.0 Å². The summed E-state index contributed by atoms with van der Waals surface area (Å²) in [6.07, 6.45) is 5.15. The smallest absolute Gasteiger partial charge is 0.270 e. The normalized spacial score (nSPS) is 9.41. The van der Waals surface area contributed by atoms with Crippen LogP contribution < -0.4 is 0 Å². The molecule has 1 aromatic rings. The van der Waals surface area contributed by atoms with Gasteiger partial charge < -0.3 is 4.90 Å². The molecular weight excluding hydrogens is 220 g/mol. The van der Waals surface area contributed by atoms with E-state index in [0.29, 0.717) is 6.54 Å². The summed E-state index contributed by atoms with van der Waals surface area (Å²) in [5.74, 6) is 2.08. The van der Waals surface area contributed by atoms with Crippen LogP contribution in [0.2, 0.25) is 0 Å². The number of hydrogen-bond donors (Lipinski definition) is 0. The zero-order chi connectivity index (χ0) is 12.8. The molecule has 1 aromatic carbocycles. The van der Waals surface area contributed by atoms with Crippen molar-refractivity contribution in [3.63, 3.8) is 0 Å². The first-order valence-corrected chi connectivity index (χ1v) is 5.07. The standard InChI is InChI=1S/C12H12N2O3/c1-3-8-13(4-2)12(15)10-6-5-7-11(9-10)14(16)17/h1,5-7,9H,4,8H2,2H3. The van der Waals surface area contributed by atoms with Crippen molar-refractivity contribution in [3.05, 3.63) is 39.9 Å². The molecule has 0 atom stereocenters. The second-order valence-corrected chi connectivity index (χ2v) is 3.33. The summed E-state index contributed by atoms with van der Waals surface area (Å²) >= 11 is 0. The average Bonchev–Trinajstić information content (AvgIpc) is 2.35.